The van der Waals surface area contributed by atoms with Crippen LogP contribution in [0.25, 0.3) is 5.82 Å². The zero-order valence-corrected chi connectivity index (χ0v) is 14.5. The second kappa shape index (κ2) is 7.00. The largest absolute Gasteiger partial charge is 0.494 e. The summed E-state index contributed by atoms with van der Waals surface area (Å²) in [6.07, 6.45) is 1.52. The lowest BCUT2D eigenvalue weighted by Gasteiger charge is -2.07. The highest BCUT2D eigenvalue weighted by Crippen LogP contribution is 2.25. The van der Waals surface area contributed by atoms with Crippen molar-refractivity contribution in [3.8, 4) is 11.6 Å². The highest BCUT2D eigenvalue weighted by molar-refractivity contribution is 7.98. The van der Waals surface area contributed by atoms with E-state index in [9.17, 15) is 4.39 Å². The Kier molecular flexibility index (Phi) is 4.80. The van der Waals surface area contributed by atoms with Crippen LogP contribution in [0, 0.1) is 19.7 Å². The number of hydrogen-bond donors (Lipinski definition) is 0. The first-order chi connectivity index (χ1) is 11.6. The number of halogens is 1. The second-order valence-corrected chi connectivity index (χ2v) is 6.31. The van der Waals surface area contributed by atoms with Gasteiger partial charge in [-0.3, -0.25) is 0 Å². The number of rotatable bonds is 5. The van der Waals surface area contributed by atoms with Gasteiger partial charge in [-0.15, -0.1) is 11.8 Å². The van der Waals surface area contributed by atoms with Crippen molar-refractivity contribution in [3.05, 3.63) is 59.4 Å². The molecule has 3 rings (SSSR count). The minimum atomic E-state index is -0.360. The van der Waals surface area contributed by atoms with Crippen molar-refractivity contribution in [2.45, 2.75) is 24.6 Å². The Bertz CT molecular complexity index is 866. The molecule has 0 aliphatic carbocycles. The molecule has 0 fully saturated rings. The Hall–Kier alpha value is -2.41. The van der Waals surface area contributed by atoms with Crippen LogP contribution < -0.4 is 4.74 Å². The SMILES string of the molecule is COc1ccc(CSc2cc(-n3nc(C)cc3C)ncn2)cc1F. The molecule has 0 bridgehead atoms. The van der Waals surface area contributed by atoms with Crippen LogP contribution in [0.5, 0.6) is 5.75 Å². The lowest BCUT2D eigenvalue weighted by molar-refractivity contribution is 0.386. The molecule has 2 heterocycles. The van der Waals surface area contributed by atoms with E-state index in [0.29, 0.717) is 5.75 Å². The van der Waals surface area contributed by atoms with Crippen molar-refractivity contribution in [1.82, 2.24) is 19.7 Å². The Labute approximate surface area is 143 Å². The van der Waals surface area contributed by atoms with Gasteiger partial charge in [0, 0.05) is 17.5 Å². The maximum Gasteiger partial charge on any atom is 0.165 e. The van der Waals surface area contributed by atoms with Gasteiger partial charge in [0.25, 0.3) is 0 Å². The van der Waals surface area contributed by atoms with E-state index in [1.807, 2.05) is 32.0 Å². The molecule has 0 unspecified atom stereocenters. The van der Waals surface area contributed by atoms with Gasteiger partial charge in [0.15, 0.2) is 17.4 Å². The monoisotopic (exact) mass is 344 g/mol. The first-order valence-electron chi connectivity index (χ1n) is 7.37. The van der Waals surface area contributed by atoms with E-state index in [2.05, 4.69) is 15.1 Å². The third-order valence-electron chi connectivity index (χ3n) is 3.46. The molecular weight excluding hydrogens is 327 g/mol. The van der Waals surface area contributed by atoms with Crippen LogP contribution in [0.2, 0.25) is 0 Å². The van der Waals surface area contributed by atoms with Gasteiger partial charge in [-0.1, -0.05) is 6.07 Å². The molecule has 7 heteroatoms. The van der Waals surface area contributed by atoms with Crippen LogP contribution in [0.4, 0.5) is 4.39 Å². The summed E-state index contributed by atoms with van der Waals surface area (Å²) in [4.78, 5) is 8.54. The van der Waals surface area contributed by atoms with Gasteiger partial charge in [-0.2, -0.15) is 5.10 Å². The fraction of sp³-hybridized carbons (Fsp3) is 0.235. The minimum absolute atomic E-state index is 0.248. The number of ether oxygens (including phenoxy) is 1. The summed E-state index contributed by atoms with van der Waals surface area (Å²) < 4.78 is 20.5. The van der Waals surface area contributed by atoms with E-state index in [-0.39, 0.29) is 11.6 Å². The van der Waals surface area contributed by atoms with Crippen molar-refractivity contribution < 1.29 is 9.13 Å². The van der Waals surface area contributed by atoms with Crippen LogP contribution in [0.3, 0.4) is 0 Å². The van der Waals surface area contributed by atoms with Crippen LogP contribution in [0.15, 0.2) is 41.7 Å². The predicted molar refractivity (Wildman–Crippen MR) is 91.1 cm³/mol. The summed E-state index contributed by atoms with van der Waals surface area (Å²) >= 11 is 1.52. The second-order valence-electron chi connectivity index (χ2n) is 5.31. The molecule has 0 N–H and O–H groups in total. The van der Waals surface area contributed by atoms with Crippen molar-refractivity contribution >= 4 is 11.8 Å². The first kappa shape index (κ1) is 16.4. The van der Waals surface area contributed by atoms with Crippen LogP contribution in [-0.2, 0) is 5.75 Å². The Morgan fingerprint density at radius 1 is 1.17 bits per heavy atom. The van der Waals surface area contributed by atoms with Crippen molar-refractivity contribution in [1.29, 1.82) is 0 Å². The van der Waals surface area contributed by atoms with Crippen LogP contribution in [-0.4, -0.2) is 26.9 Å². The standard InChI is InChI=1S/C17H17FN4OS/c1-11-6-12(2)22(21-11)16-8-17(20-10-19-16)24-9-13-4-5-15(23-3)14(18)7-13/h4-8,10H,9H2,1-3H3. The van der Waals surface area contributed by atoms with Gasteiger partial charge >= 0.3 is 0 Å². The molecule has 0 aliphatic heterocycles. The van der Waals surface area contributed by atoms with Crippen LogP contribution >= 0.6 is 11.8 Å². The average Bonchev–Trinajstić information content (AvgIpc) is 2.92. The third kappa shape index (κ3) is 3.56. The van der Waals surface area contributed by atoms with Gasteiger partial charge in [0.2, 0.25) is 0 Å². The third-order valence-corrected chi connectivity index (χ3v) is 4.45. The number of benzene rings is 1. The molecule has 5 nitrogen and oxygen atoms in total. The zero-order chi connectivity index (χ0) is 17.1. The molecule has 0 radical (unpaired) electrons. The fourth-order valence-corrected chi connectivity index (χ4v) is 3.15. The Morgan fingerprint density at radius 3 is 2.67 bits per heavy atom. The average molecular weight is 344 g/mol. The van der Waals surface area contributed by atoms with E-state index in [0.717, 1.165) is 27.8 Å². The normalized spacial score (nSPS) is 10.8. The molecule has 24 heavy (non-hydrogen) atoms. The van der Waals surface area contributed by atoms with Gasteiger partial charge in [0.1, 0.15) is 11.4 Å². The van der Waals surface area contributed by atoms with Crippen molar-refractivity contribution in [3.63, 3.8) is 0 Å². The molecule has 2 aromatic heterocycles. The number of nitrogens with zero attached hydrogens (tertiary/aromatic N) is 4. The molecular formula is C17H17FN4OS. The first-order valence-corrected chi connectivity index (χ1v) is 8.36. The molecule has 3 aromatic rings. The summed E-state index contributed by atoms with van der Waals surface area (Å²) in [5, 5.41) is 5.23. The molecule has 0 saturated heterocycles. The molecule has 124 valence electrons. The Balaban J connectivity index is 1.75. The molecule has 0 atom stereocenters. The number of hydrogen-bond acceptors (Lipinski definition) is 5. The number of aryl methyl sites for hydroxylation is 2. The van der Waals surface area contributed by atoms with E-state index in [1.54, 1.807) is 10.7 Å². The summed E-state index contributed by atoms with van der Waals surface area (Å²) in [6.45, 7) is 3.92. The Morgan fingerprint density at radius 2 is 2.00 bits per heavy atom. The molecule has 0 saturated carbocycles. The smallest absolute Gasteiger partial charge is 0.165 e. The highest BCUT2D eigenvalue weighted by atomic mass is 32.2. The molecule has 0 amide bonds. The maximum atomic E-state index is 13.7. The van der Waals surface area contributed by atoms with Crippen molar-refractivity contribution in [2.24, 2.45) is 0 Å². The molecule has 0 aliphatic rings. The minimum Gasteiger partial charge on any atom is -0.494 e. The van der Waals surface area contributed by atoms with E-state index < -0.39 is 0 Å². The number of methoxy groups -OCH3 is 1. The fourth-order valence-electron chi connectivity index (χ4n) is 2.34. The van der Waals surface area contributed by atoms with Gasteiger partial charge in [-0.25, -0.2) is 19.0 Å². The topological polar surface area (TPSA) is 52.8 Å². The van der Waals surface area contributed by atoms with E-state index in [1.165, 1.54) is 31.3 Å². The van der Waals surface area contributed by atoms with Gasteiger partial charge in [-0.05, 0) is 37.6 Å². The zero-order valence-electron chi connectivity index (χ0n) is 13.7. The van der Waals surface area contributed by atoms with E-state index >= 15 is 0 Å². The molecule has 1 aromatic carbocycles. The lowest BCUT2D eigenvalue weighted by Crippen LogP contribution is -2.02. The number of aromatic nitrogens is 4. The summed E-state index contributed by atoms with van der Waals surface area (Å²) in [5.74, 6) is 1.22. The van der Waals surface area contributed by atoms with Gasteiger partial charge in [0.05, 0.1) is 12.8 Å². The predicted octanol–water partition coefficient (Wildman–Crippen LogP) is 3.72. The van der Waals surface area contributed by atoms with Gasteiger partial charge < -0.3 is 4.74 Å². The maximum absolute atomic E-state index is 13.7. The highest BCUT2D eigenvalue weighted by Gasteiger charge is 2.08. The van der Waals surface area contributed by atoms with Crippen molar-refractivity contribution in [2.75, 3.05) is 7.11 Å². The lowest BCUT2D eigenvalue weighted by atomic mass is 10.2. The van der Waals surface area contributed by atoms with Crippen LogP contribution in [0.1, 0.15) is 17.0 Å². The molecule has 0 spiro atoms. The number of thioether (sulfide) groups is 1. The van der Waals surface area contributed by atoms with E-state index in [4.69, 9.17) is 4.74 Å². The summed E-state index contributed by atoms with van der Waals surface area (Å²) in [7, 11) is 1.45. The summed E-state index contributed by atoms with van der Waals surface area (Å²) in [5.41, 5.74) is 2.82. The summed E-state index contributed by atoms with van der Waals surface area (Å²) in [6, 6.07) is 8.83. The quantitative estimate of drug-likeness (QED) is 0.521.